The number of rotatable bonds is 5. The number of nitrogens with zero attached hydrogens (tertiary/aromatic N) is 2. The highest BCUT2D eigenvalue weighted by Gasteiger charge is 2.10. The summed E-state index contributed by atoms with van der Waals surface area (Å²) in [5.74, 6) is 1.23. The molecule has 1 aromatic heterocycles. The summed E-state index contributed by atoms with van der Waals surface area (Å²) in [5, 5.41) is 7.08. The van der Waals surface area contributed by atoms with Gasteiger partial charge in [-0.15, -0.1) is 0 Å². The summed E-state index contributed by atoms with van der Waals surface area (Å²) in [7, 11) is 0. The van der Waals surface area contributed by atoms with Crippen molar-refractivity contribution in [3.8, 4) is 11.4 Å². The third kappa shape index (κ3) is 3.61. The lowest BCUT2D eigenvalue weighted by atomic mass is 10.1. The molecular weight excluding hydrogens is 245 g/mol. The van der Waals surface area contributed by atoms with Gasteiger partial charge in [0.15, 0.2) is 0 Å². The molecule has 2 aromatic rings. The Hall–Kier alpha value is -1.75. The Morgan fingerprint density at radius 2 is 2.16 bits per heavy atom. The number of hydrogen-bond acceptors (Lipinski definition) is 4. The minimum atomic E-state index is -0.262. The van der Waals surface area contributed by atoms with E-state index in [-0.39, 0.29) is 5.82 Å². The first-order valence-electron chi connectivity index (χ1n) is 6.36. The van der Waals surface area contributed by atoms with Crippen molar-refractivity contribution in [3.63, 3.8) is 0 Å². The van der Waals surface area contributed by atoms with Crippen molar-refractivity contribution in [2.75, 3.05) is 6.54 Å². The van der Waals surface area contributed by atoms with Crippen molar-refractivity contribution < 1.29 is 8.91 Å². The van der Waals surface area contributed by atoms with Crippen molar-refractivity contribution in [1.29, 1.82) is 0 Å². The van der Waals surface area contributed by atoms with Gasteiger partial charge in [0.1, 0.15) is 5.82 Å². The second-order valence-electron chi connectivity index (χ2n) is 5.00. The van der Waals surface area contributed by atoms with Crippen LogP contribution in [-0.2, 0) is 6.54 Å². The molecule has 0 fully saturated rings. The van der Waals surface area contributed by atoms with E-state index in [1.165, 1.54) is 6.07 Å². The standard InChI is InChI=1S/C14H18FN3O/c1-9(2)7-16-8-13-17-14(18-19-13)11-5-4-10(3)12(15)6-11/h4-6,9,16H,7-8H2,1-3H3. The van der Waals surface area contributed by atoms with Gasteiger partial charge in [0.05, 0.1) is 6.54 Å². The van der Waals surface area contributed by atoms with Gasteiger partial charge in [0.2, 0.25) is 11.7 Å². The van der Waals surface area contributed by atoms with Crippen LogP contribution in [-0.4, -0.2) is 16.7 Å². The molecule has 1 aromatic carbocycles. The summed E-state index contributed by atoms with van der Waals surface area (Å²) in [4.78, 5) is 4.24. The second kappa shape index (κ2) is 5.93. The van der Waals surface area contributed by atoms with Gasteiger partial charge in [-0.3, -0.25) is 0 Å². The van der Waals surface area contributed by atoms with E-state index in [0.29, 0.717) is 35.3 Å². The van der Waals surface area contributed by atoms with Crippen LogP contribution in [0.5, 0.6) is 0 Å². The lowest BCUT2D eigenvalue weighted by Crippen LogP contribution is -2.19. The highest BCUT2D eigenvalue weighted by atomic mass is 19.1. The fourth-order valence-corrected chi connectivity index (χ4v) is 1.64. The van der Waals surface area contributed by atoms with Crippen LogP contribution in [0.4, 0.5) is 4.39 Å². The third-order valence-electron chi connectivity index (χ3n) is 2.73. The number of aryl methyl sites for hydroxylation is 1. The fraction of sp³-hybridized carbons (Fsp3) is 0.429. The van der Waals surface area contributed by atoms with Crippen LogP contribution in [0.25, 0.3) is 11.4 Å². The Labute approximate surface area is 112 Å². The second-order valence-corrected chi connectivity index (χ2v) is 5.00. The zero-order valence-electron chi connectivity index (χ0n) is 11.4. The van der Waals surface area contributed by atoms with E-state index >= 15 is 0 Å². The monoisotopic (exact) mass is 263 g/mol. The smallest absolute Gasteiger partial charge is 0.240 e. The summed E-state index contributed by atoms with van der Waals surface area (Å²) in [6, 6.07) is 4.91. The molecule has 5 heteroatoms. The minimum absolute atomic E-state index is 0.262. The summed E-state index contributed by atoms with van der Waals surface area (Å²) in [5.41, 5.74) is 1.23. The minimum Gasteiger partial charge on any atom is -0.338 e. The summed E-state index contributed by atoms with van der Waals surface area (Å²) in [6.07, 6.45) is 0. The number of benzene rings is 1. The van der Waals surface area contributed by atoms with Gasteiger partial charge in [-0.25, -0.2) is 4.39 Å². The first-order valence-corrected chi connectivity index (χ1v) is 6.36. The fourth-order valence-electron chi connectivity index (χ4n) is 1.64. The molecule has 0 atom stereocenters. The molecule has 19 heavy (non-hydrogen) atoms. The van der Waals surface area contributed by atoms with Crippen molar-refractivity contribution in [1.82, 2.24) is 15.5 Å². The molecule has 0 aliphatic heterocycles. The van der Waals surface area contributed by atoms with Crippen molar-refractivity contribution in [2.45, 2.75) is 27.3 Å². The molecule has 0 bridgehead atoms. The van der Waals surface area contributed by atoms with Crippen molar-refractivity contribution in [2.24, 2.45) is 5.92 Å². The maximum Gasteiger partial charge on any atom is 0.240 e. The molecule has 1 heterocycles. The Kier molecular flexibility index (Phi) is 4.27. The van der Waals surface area contributed by atoms with Gasteiger partial charge in [-0.05, 0) is 31.0 Å². The quantitative estimate of drug-likeness (QED) is 0.901. The molecule has 4 nitrogen and oxygen atoms in total. The SMILES string of the molecule is Cc1ccc(-c2noc(CNCC(C)C)n2)cc1F. The first kappa shape index (κ1) is 13.7. The van der Waals surface area contributed by atoms with E-state index in [2.05, 4.69) is 29.3 Å². The normalized spacial score (nSPS) is 11.2. The lowest BCUT2D eigenvalue weighted by molar-refractivity contribution is 0.364. The summed E-state index contributed by atoms with van der Waals surface area (Å²) >= 11 is 0. The van der Waals surface area contributed by atoms with Crippen molar-refractivity contribution in [3.05, 3.63) is 35.5 Å². The Morgan fingerprint density at radius 3 is 2.84 bits per heavy atom. The molecule has 0 spiro atoms. The Morgan fingerprint density at radius 1 is 1.37 bits per heavy atom. The molecule has 0 saturated carbocycles. The highest BCUT2D eigenvalue weighted by Crippen LogP contribution is 2.18. The van der Waals surface area contributed by atoms with Crippen LogP contribution in [0.15, 0.2) is 22.7 Å². The molecular formula is C14H18FN3O. The summed E-state index contributed by atoms with van der Waals surface area (Å²) < 4.78 is 18.6. The molecule has 0 aliphatic rings. The van der Waals surface area contributed by atoms with E-state index < -0.39 is 0 Å². The van der Waals surface area contributed by atoms with Crippen LogP contribution in [0.3, 0.4) is 0 Å². The molecule has 0 amide bonds. The number of aromatic nitrogens is 2. The van der Waals surface area contributed by atoms with Gasteiger partial charge >= 0.3 is 0 Å². The molecule has 102 valence electrons. The van der Waals surface area contributed by atoms with E-state index in [9.17, 15) is 4.39 Å². The Bertz CT molecular complexity index is 551. The van der Waals surface area contributed by atoms with Crippen LogP contribution in [0.2, 0.25) is 0 Å². The van der Waals surface area contributed by atoms with Crippen LogP contribution < -0.4 is 5.32 Å². The highest BCUT2D eigenvalue weighted by molar-refractivity contribution is 5.54. The van der Waals surface area contributed by atoms with Gasteiger partial charge in [-0.1, -0.05) is 31.1 Å². The lowest BCUT2D eigenvalue weighted by Gasteiger charge is -2.03. The third-order valence-corrected chi connectivity index (χ3v) is 2.73. The van der Waals surface area contributed by atoms with E-state index in [0.717, 1.165) is 6.54 Å². The number of nitrogens with one attached hydrogen (secondary N) is 1. The first-order chi connectivity index (χ1) is 9.06. The van der Waals surface area contributed by atoms with Gasteiger partial charge in [0.25, 0.3) is 0 Å². The topological polar surface area (TPSA) is 51.0 Å². The van der Waals surface area contributed by atoms with E-state index in [1.54, 1.807) is 19.1 Å². The average Bonchev–Trinajstić information content (AvgIpc) is 2.81. The van der Waals surface area contributed by atoms with Crippen LogP contribution in [0, 0.1) is 18.7 Å². The molecule has 1 N–H and O–H groups in total. The number of hydrogen-bond donors (Lipinski definition) is 1. The van der Waals surface area contributed by atoms with Gasteiger partial charge in [-0.2, -0.15) is 4.98 Å². The molecule has 0 saturated heterocycles. The van der Waals surface area contributed by atoms with Crippen molar-refractivity contribution >= 4 is 0 Å². The van der Waals surface area contributed by atoms with E-state index in [1.807, 2.05) is 0 Å². The van der Waals surface area contributed by atoms with Gasteiger partial charge in [0, 0.05) is 5.56 Å². The largest absolute Gasteiger partial charge is 0.338 e. The van der Waals surface area contributed by atoms with Crippen LogP contribution in [0.1, 0.15) is 25.3 Å². The molecule has 0 unspecified atom stereocenters. The average molecular weight is 263 g/mol. The predicted molar refractivity (Wildman–Crippen MR) is 71.0 cm³/mol. The summed E-state index contributed by atoms with van der Waals surface area (Å²) in [6.45, 7) is 7.38. The van der Waals surface area contributed by atoms with Gasteiger partial charge < -0.3 is 9.84 Å². The molecule has 0 aliphatic carbocycles. The predicted octanol–water partition coefficient (Wildman–Crippen LogP) is 2.93. The maximum absolute atomic E-state index is 13.5. The zero-order valence-corrected chi connectivity index (χ0v) is 11.4. The van der Waals surface area contributed by atoms with Crippen LogP contribution >= 0.6 is 0 Å². The molecule has 2 rings (SSSR count). The zero-order chi connectivity index (χ0) is 13.8. The maximum atomic E-state index is 13.5. The molecule has 0 radical (unpaired) electrons. The van der Waals surface area contributed by atoms with E-state index in [4.69, 9.17) is 4.52 Å². The Balaban J connectivity index is 2.05. The number of halogens is 1.